The molecular formula is C20H25NO12. The van der Waals surface area contributed by atoms with Crippen LogP contribution in [0.5, 0.6) is 0 Å². The van der Waals surface area contributed by atoms with E-state index in [1.165, 1.54) is 0 Å². The molecule has 0 radical (unpaired) electrons. The Morgan fingerprint density at radius 3 is 1.97 bits per heavy atom. The molecule has 1 saturated heterocycles. The summed E-state index contributed by atoms with van der Waals surface area (Å²) in [6.07, 6.45) is -5.66. The molecule has 1 aromatic heterocycles. The van der Waals surface area contributed by atoms with Gasteiger partial charge >= 0.3 is 29.8 Å². The Kier molecular flexibility index (Phi) is 8.91. The first-order valence-electron chi connectivity index (χ1n) is 9.97. The van der Waals surface area contributed by atoms with Crippen molar-refractivity contribution in [2.75, 3.05) is 13.2 Å². The van der Waals surface area contributed by atoms with Crippen molar-refractivity contribution >= 4 is 29.8 Å². The van der Waals surface area contributed by atoms with Gasteiger partial charge in [-0.3, -0.25) is 19.2 Å². The monoisotopic (exact) mass is 471 g/mol. The summed E-state index contributed by atoms with van der Waals surface area (Å²) in [7, 11) is 0. The van der Waals surface area contributed by atoms with E-state index in [9.17, 15) is 24.0 Å². The summed E-state index contributed by atoms with van der Waals surface area (Å²) in [5, 5.41) is 3.78. The van der Waals surface area contributed by atoms with Crippen LogP contribution in [0.4, 0.5) is 0 Å². The smallest absolute Gasteiger partial charge is 0.343 e. The molecule has 2 rings (SSSR count). The number of aromatic nitrogens is 1. The van der Waals surface area contributed by atoms with Gasteiger partial charge in [-0.25, -0.2) is 4.79 Å². The zero-order valence-corrected chi connectivity index (χ0v) is 18.7. The molecule has 5 atom stereocenters. The lowest BCUT2D eigenvalue weighted by atomic mass is 9.91. The average Bonchev–Trinajstić information content (AvgIpc) is 3.18. The fourth-order valence-corrected chi connectivity index (χ4v) is 3.26. The van der Waals surface area contributed by atoms with Gasteiger partial charge in [0.1, 0.15) is 36.3 Å². The second kappa shape index (κ2) is 11.4. The van der Waals surface area contributed by atoms with E-state index in [0.717, 1.165) is 34.0 Å². The van der Waals surface area contributed by atoms with E-state index < -0.39 is 67.0 Å². The minimum Gasteiger partial charge on any atom is -0.463 e. The Morgan fingerprint density at radius 1 is 0.848 bits per heavy atom. The fourth-order valence-electron chi connectivity index (χ4n) is 3.26. The van der Waals surface area contributed by atoms with E-state index in [1.54, 1.807) is 6.92 Å². The van der Waals surface area contributed by atoms with Gasteiger partial charge in [-0.1, -0.05) is 5.16 Å². The quantitative estimate of drug-likeness (QED) is 0.383. The molecule has 1 fully saturated rings. The Balaban J connectivity index is 2.58. The average molecular weight is 471 g/mol. The van der Waals surface area contributed by atoms with Crippen LogP contribution in [0.1, 0.15) is 56.8 Å². The highest BCUT2D eigenvalue weighted by Gasteiger charge is 2.54. The number of carbonyl (C=O) groups excluding carboxylic acids is 5. The lowest BCUT2D eigenvalue weighted by Crippen LogP contribution is -2.59. The Labute approximate surface area is 188 Å². The van der Waals surface area contributed by atoms with Crippen molar-refractivity contribution in [3.05, 3.63) is 17.5 Å². The molecule has 1 aromatic rings. The van der Waals surface area contributed by atoms with Crippen LogP contribution in [0.3, 0.4) is 0 Å². The first-order chi connectivity index (χ1) is 15.5. The topological polar surface area (TPSA) is 167 Å². The summed E-state index contributed by atoms with van der Waals surface area (Å²) in [6, 6.07) is 0. The molecule has 0 aromatic carbocycles. The van der Waals surface area contributed by atoms with Gasteiger partial charge in [-0.15, -0.1) is 0 Å². The number of carbonyl (C=O) groups is 5. The van der Waals surface area contributed by atoms with Crippen LogP contribution in [0.2, 0.25) is 0 Å². The lowest BCUT2D eigenvalue weighted by Gasteiger charge is -2.43. The van der Waals surface area contributed by atoms with E-state index >= 15 is 0 Å². The van der Waals surface area contributed by atoms with E-state index in [1.807, 2.05) is 0 Å². The summed E-state index contributed by atoms with van der Waals surface area (Å²) in [5.74, 6) is -3.78. The van der Waals surface area contributed by atoms with E-state index in [0.29, 0.717) is 0 Å². The third-order valence-electron chi connectivity index (χ3n) is 4.35. The van der Waals surface area contributed by atoms with Crippen LogP contribution in [0.25, 0.3) is 0 Å². The molecule has 13 heteroatoms. The summed E-state index contributed by atoms with van der Waals surface area (Å²) in [6.45, 7) is 5.70. The van der Waals surface area contributed by atoms with Crippen LogP contribution >= 0.6 is 0 Å². The third kappa shape index (κ3) is 6.75. The summed E-state index contributed by atoms with van der Waals surface area (Å²) in [5.41, 5.74) is -0.247. The SMILES string of the molecule is CCOC(=O)c1conc1[C@@H]1O[C@H](COC(C)=O)[C@@H](OC(C)=O)[C@H](OC(C)=O)[C@H]1OC(C)=O. The Bertz CT molecular complexity index is 893. The second-order valence-corrected chi connectivity index (χ2v) is 6.95. The molecule has 2 heterocycles. The van der Waals surface area contributed by atoms with E-state index in [-0.39, 0.29) is 17.9 Å². The number of esters is 5. The first-order valence-corrected chi connectivity index (χ1v) is 9.97. The zero-order chi connectivity index (χ0) is 24.7. The predicted octanol–water partition coefficient (Wildman–Crippen LogP) is 0.649. The molecule has 0 spiro atoms. The molecule has 0 saturated carbocycles. The summed E-state index contributed by atoms with van der Waals surface area (Å²) < 4.78 is 36.8. The third-order valence-corrected chi connectivity index (χ3v) is 4.35. The minimum absolute atomic E-state index is 0.0576. The predicted molar refractivity (Wildman–Crippen MR) is 103 cm³/mol. The van der Waals surface area contributed by atoms with Crippen molar-refractivity contribution in [1.29, 1.82) is 0 Å². The van der Waals surface area contributed by atoms with Gasteiger partial charge in [0.25, 0.3) is 0 Å². The van der Waals surface area contributed by atoms with Crippen LogP contribution in [-0.4, -0.2) is 72.6 Å². The molecule has 1 aliphatic heterocycles. The highest BCUT2D eigenvalue weighted by Crippen LogP contribution is 2.38. The number of hydrogen-bond acceptors (Lipinski definition) is 13. The number of hydrogen-bond donors (Lipinski definition) is 0. The second-order valence-electron chi connectivity index (χ2n) is 6.95. The molecule has 13 nitrogen and oxygen atoms in total. The van der Waals surface area contributed by atoms with Gasteiger partial charge < -0.3 is 32.9 Å². The van der Waals surface area contributed by atoms with E-state index in [2.05, 4.69) is 5.16 Å². The largest absolute Gasteiger partial charge is 0.463 e. The van der Waals surface area contributed by atoms with Crippen LogP contribution in [-0.2, 0) is 47.6 Å². The molecule has 0 amide bonds. The molecule has 0 bridgehead atoms. The maximum atomic E-state index is 12.4. The maximum Gasteiger partial charge on any atom is 0.343 e. The Hall–Kier alpha value is -3.48. The molecular weight excluding hydrogens is 446 g/mol. The van der Waals surface area contributed by atoms with Gasteiger partial charge in [0.2, 0.25) is 0 Å². The van der Waals surface area contributed by atoms with Crippen molar-refractivity contribution in [1.82, 2.24) is 5.16 Å². The van der Waals surface area contributed by atoms with Crippen molar-refractivity contribution in [2.24, 2.45) is 0 Å². The molecule has 0 unspecified atom stereocenters. The minimum atomic E-state index is -1.41. The molecule has 182 valence electrons. The normalized spacial score (nSPS) is 24.3. The maximum absolute atomic E-state index is 12.4. The lowest BCUT2D eigenvalue weighted by molar-refractivity contribution is -0.255. The Morgan fingerprint density at radius 2 is 1.42 bits per heavy atom. The van der Waals surface area contributed by atoms with Crippen LogP contribution in [0, 0.1) is 0 Å². The van der Waals surface area contributed by atoms with Crippen molar-refractivity contribution in [3.63, 3.8) is 0 Å². The summed E-state index contributed by atoms with van der Waals surface area (Å²) >= 11 is 0. The molecule has 1 aliphatic rings. The van der Waals surface area contributed by atoms with Crippen molar-refractivity contribution in [3.8, 4) is 0 Å². The van der Waals surface area contributed by atoms with Crippen molar-refractivity contribution in [2.45, 2.75) is 65.1 Å². The van der Waals surface area contributed by atoms with Gasteiger partial charge in [-0.05, 0) is 6.92 Å². The van der Waals surface area contributed by atoms with Crippen LogP contribution in [0.15, 0.2) is 10.8 Å². The number of nitrogens with zero attached hydrogens (tertiary/aromatic N) is 1. The van der Waals surface area contributed by atoms with Crippen molar-refractivity contribution < 1.29 is 56.9 Å². The highest BCUT2D eigenvalue weighted by molar-refractivity contribution is 5.90. The number of rotatable bonds is 8. The fraction of sp³-hybridized carbons (Fsp3) is 0.600. The van der Waals surface area contributed by atoms with Gasteiger partial charge in [-0.2, -0.15) is 0 Å². The standard InChI is InChI=1S/C20H25NO12/c1-6-27-20(26)13-7-29-21-15(13)17-19(32-12(5)25)18(31-11(4)24)16(30-10(3)23)14(33-17)8-28-9(2)22/h7,14,16-19H,6,8H2,1-5H3/t14-,16-,17+,18+,19+/m1/s1. The van der Waals surface area contributed by atoms with Gasteiger partial charge in [0.05, 0.1) is 6.61 Å². The van der Waals surface area contributed by atoms with Crippen LogP contribution < -0.4 is 0 Å². The molecule has 0 N–H and O–H groups in total. The van der Waals surface area contributed by atoms with Gasteiger partial charge in [0.15, 0.2) is 18.3 Å². The number of ether oxygens (including phenoxy) is 6. The molecule has 33 heavy (non-hydrogen) atoms. The molecule has 0 aliphatic carbocycles. The van der Waals surface area contributed by atoms with E-state index in [4.69, 9.17) is 32.9 Å². The summed E-state index contributed by atoms with van der Waals surface area (Å²) in [4.78, 5) is 59.2. The highest BCUT2D eigenvalue weighted by atomic mass is 16.7. The van der Waals surface area contributed by atoms with Gasteiger partial charge in [0, 0.05) is 27.7 Å². The zero-order valence-electron chi connectivity index (χ0n) is 18.7. The first kappa shape index (κ1) is 25.8.